The van der Waals surface area contributed by atoms with Crippen molar-refractivity contribution in [1.82, 2.24) is 5.32 Å². The van der Waals surface area contributed by atoms with Gasteiger partial charge >= 0.3 is 7.12 Å². The average molecular weight is 319 g/mol. The molecule has 1 aromatic carbocycles. The van der Waals surface area contributed by atoms with E-state index in [0.29, 0.717) is 6.04 Å². The number of rotatable bonds is 4. The molecule has 2 aliphatic heterocycles. The zero-order chi connectivity index (χ0) is 15.8. The van der Waals surface area contributed by atoms with E-state index in [-0.39, 0.29) is 18.3 Å². The van der Waals surface area contributed by atoms with Crippen LogP contribution in [0, 0.1) is 0 Å². The molecule has 2 fully saturated rings. The summed E-state index contributed by atoms with van der Waals surface area (Å²) in [5.74, 6) is 1.15. The van der Waals surface area contributed by atoms with Crippen LogP contribution in [0.25, 0.3) is 0 Å². The number of hydrogen-bond donors (Lipinski definition) is 1. The van der Waals surface area contributed by atoms with Gasteiger partial charge in [0.25, 0.3) is 0 Å². The third-order valence-corrected chi connectivity index (χ3v) is 6.19. The molecule has 0 saturated carbocycles. The van der Waals surface area contributed by atoms with Gasteiger partial charge in [0.1, 0.15) is 0 Å². The molecule has 0 amide bonds. The highest BCUT2D eigenvalue weighted by Gasteiger charge is 2.51. The topological polar surface area (TPSA) is 30.5 Å². The second-order valence-corrected chi connectivity index (χ2v) is 8.35. The van der Waals surface area contributed by atoms with Gasteiger partial charge in [0.2, 0.25) is 0 Å². The summed E-state index contributed by atoms with van der Waals surface area (Å²) in [5, 5.41) is 3.54. The smallest absolute Gasteiger partial charge is 0.399 e. The van der Waals surface area contributed by atoms with E-state index in [1.165, 1.54) is 24.3 Å². The minimum Gasteiger partial charge on any atom is -0.399 e. The fourth-order valence-electron chi connectivity index (χ4n) is 2.80. The summed E-state index contributed by atoms with van der Waals surface area (Å²) in [6.07, 6.45) is 2.62. The van der Waals surface area contributed by atoms with Crippen LogP contribution in [0.4, 0.5) is 0 Å². The molecule has 0 unspecified atom stereocenters. The molecule has 0 spiro atoms. The van der Waals surface area contributed by atoms with Gasteiger partial charge < -0.3 is 14.6 Å². The Labute approximate surface area is 138 Å². The van der Waals surface area contributed by atoms with Gasteiger partial charge in [-0.25, -0.2) is 0 Å². The van der Waals surface area contributed by atoms with E-state index < -0.39 is 0 Å². The Morgan fingerprint density at radius 3 is 2.32 bits per heavy atom. The molecule has 22 heavy (non-hydrogen) atoms. The molecule has 3 rings (SSSR count). The summed E-state index contributed by atoms with van der Waals surface area (Å²) in [4.78, 5) is 1.31. The van der Waals surface area contributed by atoms with Crippen LogP contribution in [-0.2, 0) is 9.31 Å². The maximum absolute atomic E-state index is 6.09. The highest BCUT2D eigenvalue weighted by atomic mass is 32.2. The van der Waals surface area contributed by atoms with E-state index in [9.17, 15) is 0 Å². The third kappa shape index (κ3) is 3.38. The maximum Gasteiger partial charge on any atom is 0.494 e. The first kappa shape index (κ1) is 16.4. The molecule has 2 heterocycles. The van der Waals surface area contributed by atoms with Crippen LogP contribution >= 0.6 is 11.8 Å². The molecule has 1 atom stereocenters. The van der Waals surface area contributed by atoms with Crippen LogP contribution in [-0.4, -0.2) is 36.7 Å². The van der Waals surface area contributed by atoms with Crippen LogP contribution in [0.2, 0.25) is 0 Å². The fourth-order valence-corrected chi connectivity index (χ4v) is 3.80. The lowest BCUT2D eigenvalue weighted by molar-refractivity contribution is 0.00578. The SMILES string of the molecule is CC1(C)OB(c2ccc(SC[C@@H]3CCCN3)cc2)OC1(C)C. The van der Waals surface area contributed by atoms with Crippen LogP contribution in [0.5, 0.6) is 0 Å². The second kappa shape index (κ2) is 6.19. The predicted molar refractivity (Wildman–Crippen MR) is 93.9 cm³/mol. The Morgan fingerprint density at radius 2 is 1.77 bits per heavy atom. The molecule has 0 aliphatic carbocycles. The third-order valence-electron chi connectivity index (χ3n) is 5.02. The standard InChI is InChI=1S/C17H26BNO2S/c1-16(2)17(3,4)21-18(20-16)13-7-9-15(10-8-13)22-12-14-6-5-11-19-14/h7-10,14,19H,5-6,11-12H2,1-4H3/t14-/m0/s1. The summed E-state index contributed by atoms with van der Waals surface area (Å²) >= 11 is 1.92. The van der Waals surface area contributed by atoms with Gasteiger partial charge in [-0.1, -0.05) is 12.1 Å². The van der Waals surface area contributed by atoms with E-state index in [1.54, 1.807) is 0 Å². The molecule has 1 aromatic rings. The van der Waals surface area contributed by atoms with Gasteiger partial charge in [-0.3, -0.25) is 0 Å². The first-order chi connectivity index (χ1) is 10.4. The summed E-state index contributed by atoms with van der Waals surface area (Å²) in [7, 11) is -0.263. The lowest BCUT2D eigenvalue weighted by atomic mass is 9.79. The normalized spacial score (nSPS) is 26.5. The van der Waals surface area contributed by atoms with Crippen molar-refractivity contribution in [2.45, 2.75) is 62.7 Å². The molecule has 5 heteroatoms. The Balaban J connectivity index is 1.60. The predicted octanol–water partition coefficient (Wildman–Crippen LogP) is 2.83. The van der Waals surface area contributed by atoms with E-state index in [4.69, 9.17) is 9.31 Å². The Kier molecular flexibility index (Phi) is 4.61. The zero-order valence-electron chi connectivity index (χ0n) is 14.0. The van der Waals surface area contributed by atoms with Gasteiger partial charge in [0.05, 0.1) is 11.2 Å². The van der Waals surface area contributed by atoms with Crippen LogP contribution < -0.4 is 10.8 Å². The molecule has 120 valence electrons. The Bertz CT molecular complexity index is 496. The number of nitrogens with one attached hydrogen (secondary N) is 1. The lowest BCUT2D eigenvalue weighted by Gasteiger charge is -2.32. The Hall–Kier alpha value is -0.485. The molecular formula is C17H26BNO2S. The molecular weight excluding hydrogens is 293 g/mol. The monoisotopic (exact) mass is 319 g/mol. The van der Waals surface area contributed by atoms with E-state index >= 15 is 0 Å². The van der Waals surface area contributed by atoms with Gasteiger partial charge in [0, 0.05) is 16.7 Å². The minimum absolute atomic E-state index is 0.263. The first-order valence-corrected chi connectivity index (χ1v) is 9.18. The van der Waals surface area contributed by atoms with Crippen molar-refractivity contribution in [2.75, 3.05) is 12.3 Å². The number of thioether (sulfide) groups is 1. The number of hydrogen-bond acceptors (Lipinski definition) is 4. The Morgan fingerprint density at radius 1 is 1.14 bits per heavy atom. The van der Waals surface area contributed by atoms with Gasteiger partial charge in [-0.05, 0) is 64.7 Å². The largest absolute Gasteiger partial charge is 0.494 e. The van der Waals surface area contributed by atoms with Crippen molar-refractivity contribution < 1.29 is 9.31 Å². The van der Waals surface area contributed by atoms with E-state index in [1.807, 2.05) is 11.8 Å². The molecule has 0 bridgehead atoms. The van der Waals surface area contributed by atoms with Crippen molar-refractivity contribution in [3.8, 4) is 0 Å². The summed E-state index contributed by atoms with van der Waals surface area (Å²) in [5.41, 5.74) is 0.542. The molecule has 2 aliphatic rings. The van der Waals surface area contributed by atoms with Gasteiger partial charge in [0.15, 0.2) is 0 Å². The summed E-state index contributed by atoms with van der Waals surface area (Å²) < 4.78 is 12.2. The molecule has 2 saturated heterocycles. The highest BCUT2D eigenvalue weighted by Crippen LogP contribution is 2.36. The van der Waals surface area contributed by atoms with E-state index in [0.717, 1.165) is 11.2 Å². The lowest BCUT2D eigenvalue weighted by Crippen LogP contribution is -2.41. The molecule has 3 nitrogen and oxygen atoms in total. The second-order valence-electron chi connectivity index (χ2n) is 7.26. The molecule has 1 N–H and O–H groups in total. The van der Waals surface area contributed by atoms with E-state index in [2.05, 4.69) is 57.3 Å². The van der Waals surface area contributed by atoms with Gasteiger partial charge in [-0.15, -0.1) is 11.8 Å². The van der Waals surface area contributed by atoms with Crippen molar-refractivity contribution in [1.29, 1.82) is 0 Å². The fraction of sp³-hybridized carbons (Fsp3) is 0.647. The molecule has 0 aromatic heterocycles. The van der Waals surface area contributed by atoms with Crippen LogP contribution in [0.3, 0.4) is 0 Å². The van der Waals surface area contributed by atoms with Crippen molar-refractivity contribution >= 4 is 24.3 Å². The minimum atomic E-state index is -0.279. The van der Waals surface area contributed by atoms with Crippen molar-refractivity contribution in [3.63, 3.8) is 0 Å². The maximum atomic E-state index is 6.09. The van der Waals surface area contributed by atoms with Crippen molar-refractivity contribution in [3.05, 3.63) is 24.3 Å². The summed E-state index contributed by atoms with van der Waals surface area (Å²) in [6.45, 7) is 9.53. The van der Waals surface area contributed by atoms with Crippen LogP contribution in [0.15, 0.2) is 29.2 Å². The highest BCUT2D eigenvalue weighted by molar-refractivity contribution is 7.99. The van der Waals surface area contributed by atoms with Crippen molar-refractivity contribution in [2.24, 2.45) is 0 Å². The average Bonchev–Trinajstić information content (AvgIpc) is 3.04. The molecule has 0 radical (unpaired) electrons. The zero-order valence-corrected chi connectivity index (χ0v) is 14.8. The first-order valence-electron chi connectivity index (χ1n) is 8.19. The van der Waals surface area contributed by atoms with Crippen LogP contribution in [0.1, 0.15) is 40.5 Å². The number of benzene rings is 1. The summed E-state index contributed by atoms with van der Waals surface area (Å²) in [6, 6.07) is 9.30. The van der Waals surface area contributed by atoms with Gasteiger partial charge in [-0.2, -0.15) is 0 Å². The quantitative estimate of drug-likeness (QED) is 0.683.